The number of H-pyrrole nitrogens is 1. The van der Waals surface area contributed by atoms with Gasteiger partial charge in [-0.05, 0) is 55.5 Å². The summed E-state index contributed by atoms with van der Waals surface area (Å²) in [5, 5.41) is 4.56. The highest BCUT2D eigenvalue weighted by molar-refractivity contribution is 7.19. The molecule has 0 saturated carbocycles. The third kappa shape index (κ3) is 2.61. The number of nitrogens with one attached hydrogen (secondary N) is 2. The molecule has 0 spiro atoms. The normalized spacial score (nSPS) is 16.9. The molecule has 1 aliphatic rings. The second kappa shape index (κ2) is 6.15. The largest absolute Gasteiger partial charge is 0.340 e. The highest BCUT2D eigenvalue weighted by Gasteiger charge is 2.24. The van der Waals surface area contributed by atoms with Crippen molar-refractivity contribution in [2.75, 3.05) is 11.9 Å². The zero-order valence-corrected chi connectivity index (χ0v) is 15.5. The van der Waals surface area contributed by atoms with E-state index in [0.29, 0.717) is 5.92 Å². The van der Waals surface area contributed by atoms with Crippen LogP contribution in [0.5, 0.6) is 0 Å². The number of nitrogens with zero attached hydrogens (tertiary/aromatic N) is 2. The number of nitrogens with two attached hydrogens (primary N) is 1. The number of fused-ring (bicyclic) bond motifs is 4. The molecule has 0 amide bonds. The van der Waals surface area contributed by atoms with E-state index in [-0.39, 0.29) is 4.87 Å². The molecule has 0 bridgehead atoms. The van der Waals surface area contributed by atoms with Crippen molar-refractivity contribution in [3.8, 4) is 0 Å². The predicted octanol–water partition coefficient (Wildman–Crippen LogP) is 3.40. The van der Waals surface area contributed by atoms with Crippen LogP contribution in [0, 0.1) is 5.92 Å². The van der Waals surface area contributed by atoms with Crippen molar-refractivity contribution >= 4 is 54.6 Å². The van der Waals surface area contributed by atoms with E-state index in [1.807, 2.05) is 18.2 Å². The van der Waals surface area contributed by atoms with Gasteiger partial charge in [0.2, 0.25) is 0 Å². The summed E-state index contributed by atoms with van der Waals surface area (Å²) in [7, 11) is 0. The number of hydrogen-bond donors (Lipinski definition) is 3. The third-order valence-corrected chi connectivity index (χ3v) is 6.97. The predicted molar refractivity (Wildman–Crippen MR) is 108 cm³/mol. The highest BCUT2D eigenvalue weighted by Crippen LogP contribution is 2.40. The van der Waals surface area contributed by atoms with E-state index in [1.165, 1.54) is 21.8 Å². The van der Waals surface area contributed by atoms with E-state index >= 15 is 0 Å². The molecule has 0 radical (unpaired) electrons. The molecule has 132 valence electrons. The smallest absolute Gasteiger partial charge is 0.305 e. The van der Waals surface area contributed by atoms with Crippen LogP contribution in [0.3, 0.4) is 0 Å². The molecule has 0 aliphatic heterocycles. The molecular weight excluding hydrogens is 366 g/mol. The van der Waals surface area contributed by atoms with Crippen molar-refractivity contribution < 1.29 is 0 Å². The Morgan fingerprint density at radius 3 is 3.12 bits per heavy atom. The molecule has 3 aromatic heterocycles. The summed E-state index contributed by atoms with van der Waals surface area (Å²) in [6.07, 6.45) is 4.79. The zero-order chi connectivity index (χ0) is 17.7. The van der Waals surface area contributed by atoms with Crippen LogP contribution in [-0.4, -0.2) is 21.5 Å². The van der Waals surface area contributed by atoms with E-state index in [9.17, 15) is 4.79 Å². The average molecular weight is 384 g/mol. The van der Waals surface area contributed by atoms with Gasteiger partial charge in [0.25, 0.3) is 0 Å². The fourth-order valence-corrected chi connectivity index (χ4v) is 5.71. The van der Waals surface area contributed by atoms with Crippen LogP contribution in [-0.2, 0) is 12.8 Å². The first-order chi connectivity index (χ1) is 12.7. The van der Waals surface area contributed by atoms with Gasteiger partial charge in [0.1, 0.15) is 17.0 Å². The molecule has 0 unspecified atom stereocenters. The van der Waals surface area contributed by atoms with Crippen LogP contribution in [0.2, 0.25) is 0 Å². The molecule has 4 N–H and O–H groups in total. The Bertz CT molecular complexity index is 1180. The standard InChI is InChI=1S/C18H17N5OS2/c19-7-9-1-3-11-13(5-9)25-17-15(11)16(20-8-21-17)22-10-2-4-12-14(6-10)26-18(24)23-12/h2,4,6,8-9H,1,3,5,7,19H2,(H,23,24)(H,20,21,22)/t9-/m1/s1. The van der Waals surface area contributed by atoms with Crippen molar-refractivity contribution in [3.63, 3.8) is 0 Å². The Kier molecular flexibility index (Phi) is 3.77. The minimum absolute atomic E-state index is 0.0389. The summed E-state index contributed by atoms with van der Waals surface area (Å²) in [5.74, 6) is 1.40. The lowest BCUT2D eigenvalue weighted by atomic mass is 9.88. The van der Waals surface area contributed by atoms with Crippen LogP contribution < -0.4 is 15.9 Å². The molecule has 3 heterocycles. The highest BCUT2D eigenvalue weighted by atomic mass is 32.1. The van der Waals surface area contributed by atoms with Gasteiger partial charge in [0, 0.05) is 10.6 Å². The van der Waals surface area contributed by atoms with Gasteiger partial charge in [0.05, 0.1) is 15.6 Å². The van der Waals surface area contributed by atoms with E-state index < -0.39 is 0 Å². The SMILES string of the molecule is NC[C@@H]1CCc2c(sc3ncnc(Nc4ccc5[nH]c(=O)sc5c4)c23)C1. The van der Waals surface area contributed by atoms with Crippen molar-refractivity contribution in [1.29, 1.82) is 0 Å². The van der Waals surface area contributed by atoms with Gasteiger partial charge in [-0.15, -0.1) is 11.3 Å². The van der Waals surface area contributed by atoms with Crippen molar-refractivity contribution in [2.24, 2.45) is 11.7 Å². The summed E-state index contributed by atoms with van der Waals surface area (Å²) in [5.41, 5.74) is 9.02. The lowest BCUT2D eigenvalue weighted by Gasteiger charge is -2.20. The number of benzene rings is 1. The number of thiophene rings is 1. The maximum absolute atomic E-state index is 11.5. The van der Waals surface area contributed by atoms with Crippen molar-refractivity contribution in [2.45, 2.75) is 19.3 Å². The Balaban J connectivity index is 1.57. The van der Waals surface area contributed by atoms with Crippen LogP contribution in [0.25, 0.3) is 20.4 Å². The minimum atomic E-state index is -0.0389. The quantitative estimate of drug-likeness (QED) is 0.504. The maximum Gasteiger partial charge on any atom is 0.305 e. The number of aromatic nitrogens is 3. The molecule has 1 aromatic carbocycles. The van der Waals surface area contributed by atoms with Crippen molar-refractivity contribution in [3.05, 3.63) is 44.6 Å². The van der Waals surface area contributed by atoms with Gasteiger partial charge in [-0.2, -0.15) is 0 Å². The van der Waals surface area contributed by atoms with Gasteiger partial charge >= 0.3 is 4.87 Å². The number of rotatable bonds is 3. The summed E-state index contributed by atoms with van der Waals surface area (Å²) < 4.78 is 0.934. The number of aromatic amines is 1. The van der Waals surface area contributed by atoms with Gasteiger partial charge in [-0.25, -0.2) is 9.97 Å². The van der Waals surface area contributed by atoms with E-state index in [1.54, 1.807) is 17.7 Å². The molecule has 4 aromatic rings. The van der Waals surface area contributed by atoms with Crippen LogP contribution in [0.4, 0.5) is 11.5 Å². The number of thiazole rings is 1. The first-order valence-electron chi connectivity index (χ1n) is 8.56. The summed E-state index contributed by atoms with van der Waals surface area (Å²) in [6, 6.07) is 5.86. The topological polar surface area (TPSA) is 96.7 Å². The fourth-order valence-electron chi connectivity index (χ4n) is 3.63. The number of hydrogen-bond acceptors (Lipinski definition) is 7. The Hall–Kier alpha value is -2.29. The average Bonchev–Trinajstić information content (AvgIpc) is 3.20. The number of aryl methyl sites for hydroxylation is 1. The van der Waals surface area contributed by atoms with Gasteiger partial charge < -0.3 is 16.0 Å². The molecule has 6 nitrogen and oxygen atoms in total. The Morgan fingerprint density at radius 1 is 1.31 bits per heavy atom. The second-order valence-electron chi connectivity index (χ2n) is 6.60. The molecular formula is C18H17N5OS2. The molecule has 8 heteroatoms. The summed E-state index contributed by atoms with van der Waals surface area (Å²) in [6.45, 7) is 0.740. The first kappa shape index (κ1) is 15.9. The van der Waals surface area contributed by atoms with Gasteiger partial charge in [0.15, 0.2) is 0 Å². The molecule has 5 rings (SSSR count). The number of anilines is 2. The summed E-state index contributed by atoms with van der Waals surface area (Å²) in [4.78, 5) is 25.7. The van der Waals surface area contributed by atoms with E-state index in [2.05, 4.69) is 20.3 Å². The fraction of sp³-hybridized carbons (Fsp3) is 0.278. The van der Waals surface area contributed by atoms with Crippen LogP contribution in [0.1, 0.15) is 16.9 Å². The molecule has 0 saturated heterocycles. The first-order valence-corrected chi connectivity index (χ1v) is 10.2. The minimum Gasteiger partial charge on any atom is -0.340 e. The molecule has 1 aliphatic carbocycles. The Labute approximate surface area is 157 Å². The van der Waals surface area contributed by atoms with Crippen LogP contribution in [0.15, 0.2) is 29.3 Å². The van der Waals surface area contributed by atoms with Gasteiger partial charge in [-0.1, -0.05) is 11.3 Å². The van der Waals surface area contributed by atoms with E-state index in [0.717, 1.165) is 57.7 Å². The third-order valence-electron chi connectivity index (χ3n) is 4.96. The van der Waals surface area contributed by atoms with Crippen molar-refractivity contribution in [1.82, 2.24) is 15.0 Å². The Morgan fingerprint density at radius 2 is 2.23 bits per heavy atom. The zero-order valence-electron chi connectivity index (χ0n) is 13.9. The lowest BCUT2D eigenvalue weighted by molar-refractivity contribution is 0.476. The molecule has 1 atom stereocenters. The monoisotopic (exact) mass is 383 g/mol. The van der Waals surface area contributed by atoms with Crippen LogP contribution >= 0.6 is 22.7 Å². The van der Waals surface area contributed by atoms with E-state index in [4.69, 9.17) is 5.73 Å². The molecule has 26 heavy (non-hydrogen) atoms. The lowest BCUT2D eigenvalue weighted by Crippen LogP contribution is -2.21. The van der Waals surface area contributed by atoms with Gasteiger partial charge in [-0.3, -0.25) is 4.79 Å². The summed E-state index contributed by atoms with van der Waals surface area (Å²) >= 11 is 2.97. The second-order valence-corrected chi connectivity index (χ2v) is 8.70. The maximum atomic E-state index is 11.5. The molecule has 0 fully saturated rings.